The molecular formula is C16H20N6O6. The zero-order valence-electron chi connectivity index (χ0n) is 15.1. The van der Waals surface area contributed by atoms with E-state index in [9.17, 15) is 25.4 Å². The van der Waals surface area contributed by atoms with Gasteiger partial charge in [-0.2, -0.15) is 15.2 Å². The Morgan fingerprint density at radius 2 is 2.18 bits per heavy atom. The number of aliphatic hydroxyl groups excluding tert-OH is 3. The van der Waals surface area contributed by atoms with Crippen LogP contribution in [0.2, 0.25) is 0 Å². The van der Waals surface area contributed by atoms with Gasteiger partial charge in [-0.05, 0) is 0 Å². The smallest absolute Gasteiger partial charge is 0.230 e. The maximum atomic E-state index is 11.5. The largest absolute Gasteiger partial charge is 0.480 e. The molecule has 28 heavy (non-hydrogen) atoms. The van der Waals surface area contributed by atoms with Gasteiger partial charge in [0.1, 0.15) is 36.1 Å². The molecule has 1 amide bonds. The SMILES string of the molecule is COc1nc(N[C@@H]2O[C@H](CO)[C@@H](O)C(O)[C@H]2NC(C)=O)nc2[nH]cc(C#N)c12. The van der Waals surface area contributed by atoms with Gasteiger partial charge in [0.05, 0.1) is 24.7 Å². The van der Waals surface area contributed by atoms with Crippen LogP contribution >= 0.6 is 0 Å². The summed E-state index contributed by atoms with van der Waals surface area (Å²) in [6.07, 6.45) is -3.50. The van der Waals surface area contributed by atoms with Crippen molar-refractivity contribution in [3.63, 3.8) is 0 Å². The normalized spacial score (nSPS) is 27.2. The van der Waals surface area contributed by atoms with Gasteiger partial charge in [-0.3, -0.25) is 4.79 Å². The van der Waals surface area contributed by atoms with Crippen molar-refractivity contribution in [2.45, 2.75) is 37.5 Å². The zero-order valence-corrected chi connectivity index (χ0v) is 15.1. The summed E-state index contributed by atoms with van der Waals surface area (Å²) in [5.41, 5.74) is 0.638. The lowest BCUT2D eigenvalue weighted by Gasteiger charge is -2.42. The van der Waals surface area contributed by atoms with Crippen LogP contribution in [-0.4, -0.2) is 80.5 Å². The molecule has 3 heterocycles. The average molecular weight is 392 g/mol. The summed E-state index contributed by atoms with van der Waals surface area (Å²) in [7, 11) is 1.39. The summed E-state index contributed by atoms with van der Waals surface area (Å²) < 4.78 is 10.8. The number of hydrogen-bond acceptors (Lipinski definition) is 10. The molecule has 3 rings (SSSR count). The number of aromatic nitrogens is 3. The summed E-state index contributed by atoms with van der Waals surface area (Å²) in [6.45, 7) is 0.705. The molecule has 12 nitrogen and oxygen atoms in total. The second-order valence-electron chi connectivity index (χ2n) is 6.22. The van der Waals surface area contributed by atoms with Crippen LogP contribution < -0.4 is 15.4 Å². The third kappa shape index (κ3) is 3.56. The highest BCUT2D eigenvalue weighted by Gasteiger charge is 2.45. The van der Waals surface area contributed by atoms with Crippen molar-refractivity contribution in [2.75, 3.05) is 19.0 Å². The van der Waals surface area contributed by atoms with E-state index in [1.165, 1.54) is 20.2 Å². The van der Waals surface area contributed by atoms with Crippen LogP contribution in [0.25, 0.3) is 11.0 Å². The summed E-state index contributed by atoms with van der Waals surface area (Å²) in [6, 6.07) is 0.963. The van der Waals surface area contributed by atoms with Crippen molar-refractivity contribution in [1.29, 1.82) is 5.26 Å². The number of nitriles is 1. The molecule has 0 aliphatic carbocycles. The summed E-state index contributed by atoms with van der Waals surface area (Å²) >= 11 is 0. The molecule has 0 spiro atoms. The number of methoxy groups -OCH3 is 1. The maximum Gasteiger partial charge on any atom is 0.230 e. The Morgan fingerprint density at radius 1 is 1.43 bits per heavy atom. The van der Waals surface area contributed by atoms with Gasteiger partial charge in [0.2, 0.25) is 17.7 Å². The Kier molecular flexibility index (Phi) is 5.61. The quantitative estimate of drug-likeness (QED) is 0.339. The van der Waals surface area contributed by atoms with E-state index in [1.54, 1.807) is 0 Å². The predicted octanol–water partition coefficient (Wildman–Crippen LogP) is -1.81. The molecule has 0 radical (unpaired) electrons. The van der Waals surface area contributed by atoms with Gasteiger partial charge >= 0.3 is 0 Å². The van der Waals surface area contributed by atoms with E-state index >= 15 is 0 Å². The number of rotatable bonds is 5. The molecule has 0 bridgehead atoms. The van der Waals surface area contributed by atoms with Gasteiger partial charge in [0.25, 0.3) is 0 Å². The fourth-order valence-electron chi connectivity index (χ4n) is 3.06. The number of nitrogens with one attached hydrogen (secondary N) is 3. The van der Waals surface area contributed by atoms with Crippen LogP contribution in [0, 0.1) is 11.3 Å². The van der Waals surface area contributed by atoms with E-state index in [2.05, 4.69) is 25.6 Å². The van der Waals surface area contributed by atoms with E-state index in [0.29, 0.717) is 16.6 Å². The van der Waals surface area contributed by atoms with Crippen molar-refractivity contribution < 1.29 is 29.6 Å². The number of aliphatic hydroxyl groups is 3. The summed E-state index contributed by atoms with van der Waals surface area (Å²) in [5, 5.41) is 44.7. The van der Waals surface area contributed by atoms with Crippen molar-refractivity contribution >= 4 is 22.9 Å². The Bertz CT molecular complexity index is 911. The second-order valence-corrected chi connectivity index (χ2v) is 6.22. The maximum absolute atomic E-state index is 11.5. The van der Waals surface area contributed by atoms with Crippen LogP contribution in [0.1, 0.15) is 12.5 Å². The topological polar surface area (TPSA) is 186 Å². The molecule has 2 aromatic rings. The average Bonchev–Trinajstić information content (AvgIpc) is 3.09. The van der Waals surface area contributed by atoms with Crippen LogP contribution in [-0.2, 0) is 9.53 Å². The molecule has 0 aromatic carbocycles. The first-order valence-corrected chi connectivity index (χ1v) is 8.38. The lowest BCUT2D eigenvalue weighted by Crippen LogP contribution is -2.65. The molecular weight excluding hydrogens is 372 g/mol. The highest BCUT2D eigenvalue weighted by atomic mass is 16.5. The highest BCUT2D eigenvalue weighted by molar-refractivity contribution is 5.88. The lowest BCUT2D eigenvalue weighted by atomic mass is 9.96. The van der Waals surface area contributed by atoms with Gasteiger partial charge in [-0.25, -0.2) is 0 Å². The monoisotopic (exact) mass is 392 g/mol. The number of hydrogen-bond donors (Lipinski definition) is 6. The van der Waals surface area contributed by atoms with E-state index in [4.69, 9.17) is 9.47 Å². The molecule has 1 fully saturated rings. The van der Waals surface area contributed by atoms with Crippen molar-refractivity contribution in [3.05, 3.63) is 11.8 Å². The minimum absolute atomic E-state index is 0.0244. The molecule has 0 saturated carbocycles. The van der Waals surface area contributed by atoms with E-state index in [1.807, 2.05) is 6.07 Å². The van der Waals surface area contributed by atoms with Gasteiger partial charge in [0.15, 0.2) is 6.23 Å². The molecule has 150 valence electrons. The number of ether oxygens (including phenoxy) is 2. The predicted molar refractivity (Wildman–Crippen MR) is 94.1 cm³/mol. The molecule has 6 N–H and O–H groups in total. The Morgan fingerprint density at radius 3 is 2.79 bits per heavy atom. The molecule has 12 heteroatoms. The number of aromatic amines is 1. The standard InChI is InChI=1S/C16H20N6O6/c1-6(24)19-10-12(26)11(25)8(5-23)28-15(10)22-16-20-13-9(14(21-16)27-2)7(3-17)4-18-13/h4,8,10-12,15,23,25-26H,5H2,1-2H3,(H,19,24)(H2,18,20,21,22)/t8-,10-,11-,12?,15-/m1/s1. The third-order valence-electron chi connectivity index (χ3n) is 4.38. The van der Waals surface area contributed by atoms with Gasteiger partial charge in [0, 0.05) is 13.1 Å². The Labute approximate surface area is 159 Å². The first-order valence-electron chi connectivity index (χ1n) is 8.38. The second kappa shape index (κ2) is 7.95. The van der Waals surface area contributed by atoms with Crippen molar-refractivity contribution in [3.8, 4) is 11.9 Å². The fourth-order valence-corrected chi connectivity index (χ4v) is 3.06. The van der Waals surface area contributed by atoms with Gasteiger partial charge in [-0.1, -0.05) is 0 Å². The van der Waals surface area contributed by atoms with E-state index in [-0.39, 0.29) is 11.8 Å². The first-order chi connectivity index (χ1) is 13.4. The first kappa shape index (κ1) is 19.8. The minimum atomic E-state index is -1.41. The molecule has 5 atom stereocenters. The minimum Gasteiger partial charge on any atom is -0.480 e. The Balaban J connectivity index is 1.95. The zero-order chi connectivity index (χ0) is 20.4. The van der Waals surface area contributed by atoms with Crippen LogP contribution in [0.3, 0.4) is 0 Å². The summed E-state index contributed by atoms with van der Waals surface area (Å²) in [5.74, 6) is -0.293. The van der Waals surface area contributed by atoms with Crippen LogP contribution in [0.15, 0.2) is 6.20 Å². The van der Waals surface area contributed by atoms with E-state index < -0.39 is 43.1 Å². The molecule has 1 aliphatic heterocycles. The van der Waals surface area contributed by atoms with Gasteiger partial charge < -0.3 is 40.4 Å². The molecule has 1 aliphatic rings. The number of fused-ring (bicyclic) bond motifs is 1. The van der Waals surface area contributed by atoms with Gasteiger partial charge in [-0.15, -0.1) is 0 Å². The van der Waals surface area contributed by atoms with Crippen molar-refractivity contribution in [1.82, 2.24) is 20.3 Å². The number of anilines is 1. The number of nitrogens with zero attached hydrogens (tertiary/aromatic N) is 3. The van der Waals surface area contributed by atoms with Crippen molar-refractivity contribution in [2.24, 2.45) is 0 Å². The van der Waals surface area contributed by atoms with E-state index in [0.717, 1.165) is 0 Å². The van der Waals surface area contributed by atoms with Crippen LogP contribution in [0.5, 0.6) is 5.88 Å². The Hall–Kier alpha value is -2.98. The number of carbonyl (C=O) groups excluding carboxylic acids is 1. The molecule has 2 aromatic heterocycles. The fraction of sp³-hybridized carbons (Fsp3) is 0.500. The molecule has 1 unspecified atom stereocenters. The number of amides is 1. The number of H-pyrrole nitrogens is 1. The summed E-state index contributed by atoms with van der Waals surface area (Å²) in [4.78, 5) is 22.8. The van der Waals surface area contributed by atoms with Crippen LogP contribution in [0.4, 0.5) is 5.95 Å². The lowest BCUT2D eigenvalue weighted by molar-refractivity contribution is -0.188. The molecule has 1 saturated heterocycles. The third-order valence-corrected chi connectivity index (χ3v) is 4.38. The highest BCUT2D eigenvalue weighted by Crippen LogP contribution is 2.28. The number of carbonyl (C=O) groups is 1.